The molecule has 3 rings (SSSR count). The van der Waals surface area contributed by atoms with E-state index >= 15 is 0 Å². The quantitative estimate of drug-likeness (QED) is 0.747. The van der Waals surface area contributed by atoms with E-state index in [1.54, 1.807) is 5.56 Å². The molecule has 0 fully saturated rings. The molecule has 90 valence electrons. The van der Waals surface area contributed by atoms with E-state index in [0.717, 1.165) is 5.92 Å². The lowest BCUT2D eigenvalue weighted by atomic mass is 9.85. The first kappa shape index (κ1) is 10.9. The topological polar surface area (TPSA) is 15.8 Å². The Kier molecular flexibility index (Phi) is 2.50. The van der Waals surface area contributed by atoms with Crippen molar-refractivity contribution in [3.8, 4) is 0 Å². The highest BCUT2D eigenvalue weighted by atomic mass is 14.7. The van der Waals surface area contributed by atoms with E-state index in [1.165, 1.54) is 53.4 Å². The Labute approximate surface area is 103 Å². The molecule has 1 heterocycles. The zero-order chi connectivity index (χ0) is 12.0. The third kappa shape index (κ3) is 1.60. The fourth-order valence-corrected chi connectivity index (χ4v) is 3.15. The van der Waals surface area contributed by atoms with Crippen molar-refractivity contribution in [2.45, 2.75) is 46.5 Å². The van der Waals surface area contributed by atoms with Crippen molar-refractivity contribution in [1.82, 2.24) is 4.98 Å². The van der Waals surface area contributed by atoms with E-state index in [1.807, 2.05) is 0 Å². The number of hydrogen-bond acceptors (Lipinski definition) is 0. The van der Waals surface area contributed by atoms with Gasteiger partial charge in [-0.3, -0.25) is 0 Å². The van der Waals surface area contributed by atoms with Crippen LogP contribution in [-0.2, 0) is 12.8 Å². The number of H-pyrrole nitrogens is 1. The summed E-state index contributed by atoms with van der Waals surface area (Å²) in [6, 6.07) is 4.58. The highest BCUT2D eigenvalue weighted by molar-refractivity contribution is 5.88. The number of aromatic nitrogens is 1. The summed E-state index contributed by atoms with van der Waals surface area (Å²) >= 11 is 0. The smallest absolute Gasteiger partial charge is 0.0491 e. The van der Waals surface area contributed by atoms with Crippen LogP contribution in [0.1, 0.15) is 42.1 Å². The summed E-state index contributed by atoms with van der Waals surface area (Å²) < 4.78 is 0. The number of aryl methyl sites for hydroxylation is 3. The molecule has 0 aliphatic heterocycles. The molecule has 1 nitrogen and oxygen atoms in total. The normalized spacial score (nSPS) is 19.6. The lowest BCUT2D eigenvalue weighted by Gasteiger charge is -2.20. The molecule has 0 amide bonds. The maximum absolute atomic E-state index is 3.67. The van der Waals surface area contributed by atoms with Crippen LogP contribution in [0, 0.1) is 19.8 Å². The summed E-state index contributed by atoms with van der Waals surface area (Å²) in [7, 11) is 0. The van der Waals surface area contributed by atoms with E-state index in [0.29, 0.717) is 0 Å². The molecule has 1 heteroatoms. The Bertz CT molecular complexity index is 562. The van der Waals surface area contributed by atoms with Crippen molar-refractivity contribution < 1.29 is 0 Å². The van der Waals surface area contributed by atoms with Crippen LogP contribution in [0.15, 0.2) is 12.1 Å². The van der Waals surface area contributed by atoms with Crippen molar-refractivity contribution in [2.24, 2.45) is 5.92 Å². The van der Waals surface area contributed by atoms with Gasteiger partial charge in [-0.1, -0.05) is 25.5 Å². The van der Waals surface area contributed by atoms with Crippen molar-refractivity contribution in [2.75, 3.05) is 0 Å². The molecule has 1 aliphatic carbocycles. The van der Waals surface area contributed by atoms with Gasteiger partial charge in [-0.05, 0) is 55.7 Å². The molecule has 1 atom stereocenters. The van der Waals surface area contributed by atoms with Crippen LogP contribution in [0.5, 0.6) is 0 Å². The zero-order valence-electron chi connectivity index (χ0n) is 11.1. The maximum Gasteiger partial charge on any atom is 0.0491 e. The molecule has 1 N–H and O–H groups in total. The minimum absolute atomic E-state index is 0.892. The number of rotatable bonds is 1. The molecule has 0 radical (unpaired) electrons. The van der Waals surface area contributed by atoms with E-state index in [4.69, 9.17) is 0 Å². The van der Waals surface area contributed by atoms with Gasteiger partial charge in [0, 0.05) is 16.6 Å². The first-order valence-corrected chi connectivity index (χ1v) is 6.80. The second-order valence-electron chi connectivity index (χ2n) is 5.53. The molecular weight excluding hydrogens is 206 g/mol. The van der Waals surface area contributed by atoms with Crippen molar-refractivity contribution in [3.63, 3.8) is 0 Å². The standard InChI is InChI=1S/C16H21N/c1-4-12-6-8-15-14(9-12)13-7-5-10(2)11(3)16(13)17-15/h5,7,12,17H,4,6,8-9H2,1-3H3. The van der Waals surface area contributed by atoms with Crippen molar-refractivity contribution in [1.29, 1.82) is 0 Å². The Hall–Kier alpha value is -1.24. The van der Waals surface area contributed by atoms with Gasteiger partial charge in [0.1, 0.15) is 0 Å². The van der Waals surface area contributed by atoms with Crippen molar-refractivity contribution >= 4 is 10.9 Å². The third-order valence-corrected chi connectivity index (χ3v) is 4.57. The average Bonchev–Trinajstić information content (AvgIpc) is 2.72. The van der Waals surface area contributed by atoms with Crippen LogP contribution in [0.2, 0.25) is 0 Å². The predicted octanol–water partition coefficient (Wildman–Crippen LogP) is 4.30. The van der Waals surface area contributed by atoms with Crippen LogP contribution in [-0.4, -0.2) is 4.98 Å². The van der Waals surface area contributed by atoms with E-state index in [9.17, 15) is 0 Å². The molecule has 0 saturated heterocycles. The van der Waals surface area contributed by atoms with Gasteiger partial charge in [0.2, 0.25) is 0 Å². The van der Waals surface area contributed by atoms with Gasteiger partial charge in [0.15, 0.2) is 0 Å². The second-order valence-corrected chi connectivity index (χ2v) is 5.53. The summed E-state index contributed by atoms with van der Waals surface area (Å²) in [6.07, 6.45) is 5.18. The number of hydrogen-bond donors (Lipinski definition) is 1. The molecule has 0 bridgehead atoms. The van der Waals surface area contributed by atoms with E-state index < -0.39 is 0 Å². The maximum atomic E-state index is 3.67. The lowest BCUT2D eigenvalue weighted by molar-refractivity contribution is 0.444. The minimum Gasteiger partial charge on any atom is -0.358 e. The predicted molar refractivity (Wildman–Crippen MR) is 73.6 cm³/mol. The summed E-state index contributed by atoms with van der Waals surface area (Å²) in [4.78, 5) is 3.67. The molecule has 17 heavy (non-hydrogen) atoms. The first-order chi connectivity index (χ1) is 8.20. The fraction of sp³-hybridized carbons (Fsp3) is 0.500. The molecule has 1 unspecified atom stereocenters. The van der Waals surface area contributed by atoms with Crippen LogP contribution in [0.3, 0.4) is 0 Å². The molecule has 2 aromatic rings. The van der Waals surface area contributed by atoms with Crippen molar-refractivity contribution in [3.05, 3.63) is 34.5 Å². The average molecular weight is 227 g/mol. The van der Waals surface area contributed by atoms with E-state index in [-0.39, 0.29) is 0 Å². The van der Waals surface area contributed by atoms with Gasteiger partial charge >= 0.3 is 0 Å². The molecule has 1 aromatic heterocycles. The van der Waals surface area contributed by atoms with Gasteiger partial charge in [-0.2, -0.15) is 0 Å². The lowest BCUT2D eigenvalue weighted by Crippen LogP contribution is -2.12. The molecule has 1 aliphatic rings. The highest BCUT2D eigenvalue weighted by Crippen LogP contribution is 2.34. The SMILES string of the molecule is CCC1CCc2[nH]c3c(C)c(C)ccc3c2C1. The monoisotopic (exact) mass is 227 g/mol. The highest BCUT2D eigenvalue weighted by Gasteiger charge is 2.21. The number of benzene rings is 1. The summed E-state index contributed by atoms with van der Waals surface area (Å²) in [5.74, 6) is 0.892. The van der Waals surface area contributed by atoms with Crippen LogP contribution in [0.4, 0.5) is 0 Å². The summed E-state index contributed by atoms with van der Waals surface area (Å²) in [5.41, 5.74) is 7.29. The number of fused-ring (bicyclic) bond motifs is 3. The molecular formula is C16H21N. The number of aromatic amines is 1. The summed E-state index contributed by atoms with van der Waals surface area (Å²) in [5, 5.41) is 1.47. The molecule has 1 aromatic carbocycles. The van der Waals surface area contributed by atoms with Gasteiger partial charge < -0.3 is 4.98 Å². The number of nitrogens with one attached hydrogen (secondary N) is 1. The minimum atomic E-state index is 0.892. The second kappa shape index (κ2) is 3.90. The Morgan fingerprint density at radius 3 is 2.88 bits per heavy atom. The van der Waals surface area contributed by atoms with Crippen LogP contribution >= 0.6 is 0 Å². The Morgan fingerprint density at radius 1 is 1.29 bits per heavy atom. The van der Waals surface area contributed by atoms with Gasteiger partial charge in [0.05, 0.1) is 0 Å². The van der Waals surface area contributed by atoms with Crippen LogP contribution < -0.4 is 0 Å². The van der Waals surface area contributed by atoms with Gasteiger partial charge in [-0.25, -0.2) is 0 Å². The Balaban J connectivity index is 2.19. The molecule has 0 saturated carbocycles. The fourth-order valence-electron chi connectivity index (χ4n) is 3.15. The largest absolute Gasteiger partial charge is 0.358 e. The summed E-state index contributed by atoms with van der Waals surface area (Å²) in [6.45, 7) is 6.75. The third-order valence-electron chi connectivity index (χ3n) is 4.57. The Morgan fingerprint density at radius 2 is 2.12 bits per heavy atom. The van der Waals surface area contributed by atoms with Gasteiger partial charge in [0.25, 0.3) is 0 Å². The van der Waals surface area contributed by atoms with E-state index in [2.05, 4.69) is 37.9 Å². The van der Waals surface area contributed by atoms with Crippen LogP contribution in [0.25, 0.3) is 10.9 Å². The molecule has 0 spiro atoms. The first-order valence-electron chi connectivity index (χ1n) is 6.80. The van der Waals surface area contributed by atoms with Gasteiger partial charge in [-0.15, -0.1) is 0 Å². The zero-order valence-corrected chi connectivity index (χ0v) is 11.1.